The van der Waals surface area contributed by atoms with Gasteiger partial charge in [0.05, 0.1) is 12.4 Å². The molecule has 0 amide bonds. The van der Waals surface area contributed by atoms with Crippen LogP contribution in [0, 0.1) is 0 Å². The Morgan fingerprint density at radius 2 is 1.23 bits per heavy atom. The topological polar surface area (TPSA) is 43.2 Å². The molecule has 0 bridgehead atoms. The smallest absolute Gasteiger partial charge is 0.153 e. The third kappa shape index (κ3) is 6.41. The zero-order valence-corrected chi connectivity index (χ0v) is 14.8. The average Bonchev–Trinajstić information content (AvgIpc) is 2.50. The molecule has 0 aliphatic heterocycles. The van der Waals surface area contributed by atoms with E-state index in [4.69, 9.17) is 9.68 Å². The maximum Gasteiger partial charge on any atom is 0.153 e. The van der Waals surface area contributed by atoms with Crippen molar-refractivity contribution in [2.75, 3.05) is 13.2 Å². The van der Waals surface area contributed by atoms with Gasteiger partial charge in [0.2, 0.25) is 0 Å². The molecule has 0 saturated heterocycles. The number of benzene rings is 2. The molecule has 0 atom stereocenters. The van der Waals surface area contributed by atoms with Gasteiger partial charge < -0.3 is 9.68 Å². The van der Waals surface area contributed by atoms with Crippen LogP contribution in [0.3, 0.4) is 0 Å². The number of hydrogen-bond acceptors (Lipinski definition) is 4. The maximum absolute atomic E-state index is 5.10. The van der Waals surface area contributed by atoms with Crippen LogP contribution in [0.4, 0.5) is 0 Å². The Bertz CT molecular complexity index is 603. The zero-order chi connectivity index (χ0) is 15.6. The molecule has 0 saturated carbocycles. The monoisotopic (exact) mass is 424 g/mol. The standard InChI is InChI=1S/C16H14Br2N2O2/c17-15-5-1-3-13(9-15)11-19-21-7-8-22-20-12-14-4-2-6-16(18)10-14/h1-6,9-12H,7-8H2. The molecule has 0 aliphatic carbocycles. The quantitative estimate of drug-likeness (QED) is 0.369. The van der Waals surface area contributed by atoms with Gasteiger partial charge in [0.1, 0.15) is 0 Å². The normalized spacial score (nSPS) is 11.2. The first-order valence-corrected chi connectivity index (χ1v) is 8.14. The average molecular weight is 426 g/mol. The molecule has 0 heterocycles. The summed E-state index contributed by atoms with van der Waals surface area (Å²) in [6.07, 6.45) is 3.30. The van der Waals surface area contributed by atoms with Gasteiger partial charge in [0.25, 0.3) is 0 Å². The van der Waals surface area contributed by atoms with Crippen molar-refractivity contribution in [1.29, 1.82) is 0 Å². The van der Waals surface area contributed by atoms with Gasteiger partial charge in [-0.1, -0.05) is 66.4 Å². The van der Waals surface area contributed by atoms with Crippen molar-refractivity contribution in [2.24, 2.45) is 10.3 Å². The fraction of sp³-hybridized carbons (Fsp3) is 0.125. The second-order valence-electron chi connectivity index (χ2n) is 4.25. The SMILES string of the molecule is Brc1cccc(C=NOCCON=Cc2cccc(Br)c2)c1. The van der Waals surface area contributed by atoms with Crippen LogP contribution in [0.5, 0.6) is 0 Å². The molecule has 0 unspecified atom stereocenters. The molecular weight excluding hydrogens is 412 g/mol. The molecule has 6 heteroatoms. The molecule has 4 nitrogen and oxygen atoms in total. The highest BCUT2D eigenvalue weighted by atomic mass is 79.9. The highest BCUT2D eigenvalue weighted by Crippen LogP contribution is 2.10. The Morgan fingerprint density at radius 3 is 1.64 bits per heavy atom. The van der Waals surface area contributed by atoms with E-state index >= 15 is 0 Å². The molecule has 22 heavy (non-hydrogen) atoms. The summed E-state index contributed by atoms with van der Waals surface area (Å²) in [6, 6.07) is 15.6. The van der Waals surface area contributed by atoms with Crippen molar-refractivity contribution in [3.05, 3.63) is 68.6 Å². The van der Waals surface area contributed by atoms with E-state index in [0.717, 1.165) is 20.1 Å². The van der Waals surface area contributed by atoms with E-state index in [0.29, 0.717) is 13.2 Å². The van der Waals surface area contributed by atoms with Gasteiger partial charge in [-0.2, -0.15) is 0 Å². The second kappa shape index (κ2) is 9.38. The number of oxime groups is 2. The molecule has 2 aromatic carbocycles. The summed E-state index contributed by atoms with van der Waals surface area (Å²) in [5, 5.41) is 7.73. The molecule has 0 fully saturated rings. The lowest BCUT2D eigenvalue weighted by Gasteiger charge is -1.99. The van der Waals surface area contributed by atoms with Gasteiger partial charge >= 0.3 is 0 Å². The van der Waals surface area contributed by atoms with Crippen LogP contribution in [-0.4, -0.2) is 25.6 Å². The minimum absolute atomic E-state index is 0.334. The zero-order valence-electron chi connectivity index (χ0n) is 11.7. The van der Waals surface area contributed by atoms with E-state index in [9.17, 15) is 0 Å². The first-order chi connectivity index (χ1) is 10.7. The lowest BCUT2D eigenvalue weighted by atomic mass is 10.2. The van der Waals surface area contributed by atoms with Crippen molar-refractivity contribution >= 4 is 44.3 Å². The third-order valence-electron chi connectivity index (χ3n) is 2.52. The predicted octanol–water partition coefficient (Wildman–Crippen LogP) is 4.61. The Hall–Kier alpha value is -1.66. The summed E-state index contributed by atoms with van der Waals surface area (Å²) in [4.78, 5) is 10.2. The molecule has 0 aromatic heterocycles. The van der Waals surface area contributed by atoms with Crippen LogP contribution in [-0.2, 0) is 9.68 Å². The van der Waals surface area contributed by atoms with Crippen molar-refractivity contribution in [2.45, 2.75) is 0 Å². The molecule has 0 aliphatic rings. The van der Waals surface area contributed by atoms with Crippen molar-refractivity contribution in [3.8, 4) is 0 Å². The minimum Gasteiger partial charge on any atom is -0.392 e. The highest BCUT2D eigenvalue weighted by Gasteiger charge is 1.91. The number of rotatable bonds is 7. The first kappa shape index (κ1) is 16.7. The predicted molar refractivity (Wildman–Crippen MR) is 95.4 cm³/mol. The van der Waals surface area contributed by atoms with Crippen LogP contribution in [0.15, 0.2) is 67.8 Å². The minimum atomic E-state index is 0.334. The van der Waals surface area contributed by atoms with E-state index in [1.807, 2.05) is 48.5 Å². The lowest BCUT2D eigenvalue weighted by molar-refractivity contribution is 0.0553. The van der Waals surface area contributed by atoms with Crippen LogP contribution >= 0.6 is 31.9 Å². The fourth-order valence-electron chi connectivity index (χ4n) is 1.55. The van der Waals surface area contributed by atoms with Crippen LogP contribution in [0.2, 0.25) is 0 Å². The number of hydrogen-bond donors (Lipinski definition) is 0. The highest BCUT2D eigenvalue weighted by molar-refractivity contribution is 9.10. The van der Waals surface area contributed by atoms with Crippen LogP contribution in [0.1, 0.15) is 11.1 Å². The first-order valence-electron chi connectivity index (χ1n) is 6.56. The molecular formula is C16H14Br2N2O2. The summed E-state index contributed by atoms with van der Waals surface area (Å²) in [6.45, 7) is 0.667. The van der Waals surface area contributed by atoms with Crippen molar-refractivity contribution in [1.82, 2.24) is 0 Å². The molecule has 2 rings (SSSR count). The Kier molecular flexibility index (Phi) is 7.12. The Balaban J connectivity index is 1.63. The van der Waals surface area contributed by atoms with Gasteiger partial charge in [-0.15, -0.1) is 0 Å². The second-order valence-corrected chi connectivity index (χ2v) is 6.08. The van der Waals surface area contributed by atoms with Gasteiger partial charge in [0.15, 0.2) is 13.2 Å². The van der Waals surface area contributed by atoms with Gasteiger partial charge in [-0.05, 0) is 35.4 Å². The van der Waals surface area contributed by atoms with E-state index < -0.39 is 0 Å². The van der Waals surface area contributed by atoms with Crippen LogP contribution < -0.4 is 0 Å². The Morgan fingerprint density at radius 1 is 0.773 bits per heavy atom. The van der Waals surface area contributed by atoms with E-state index in [1.165, 1.54) is 0 Å². The summed E-state index contributed by atoms with van der Waals surface area (Å²) < 4.78 is 2.00. The third-order valence-corrected chi connectivity index (χ3v) is 3.50. The summed E-state index contributed by atoms with van der Waals surface area (Å²) in [7, 11) is 0. The number of halogens is 2. The summed E-state index contributed by atoms with van der Waals surface area (Å²) >= 11 is 6.79. The molecule has 0 N–H and O–H groups in total. The Labute approximate surface area is 146 Å². The van der Waals surface area contributed by atoms with E-state index in [-0.39, 0.29) is 0 Å². The molecule has 0 spiro atoms. The molecule has 2 aromatic rings. The maximum atomic E-state index is 5.10. The lowest BCUT2D eigenvalue weighted by Crippen LogP contribution is -1.98. The molecule has 0 radical (unpaired) electrons. The summed E-state index contributed by atoms with van der Waals surface area (Å²) in [5.74, 6) is 0. The number of nitrogens with zero attached hydrogens (tertiary/aromatic N) is 2. The summed E-state index contributed by atoms with van der Waals surface area (Å²) in [5.41, 5.74) is 1.92. The van der Waals surface area contributed by atoms with Gasteiger partial charge in [-0.25, -0.2) is 0 Å². The molecule has 114 valence electrons. The van der Waals surface area contributed by atoms with Crippen LogP contribution in [0.25, 0.3) is 0 Å². The van der Waals surface area contributed by atoms with Gasteiger partial charge in [-0.3, -0.25) is 0 Å². The van der Waals surface area contributed by atoms with Gasteiger partial charge in [0, 0.05) is 8.95 Å². The van der Waals surface area contributed by atoms with Crippen molar-refractivity contribution < 1.29 is 9.68 Å². The largest absolute Gasteiger partial charge is 0.392 e. The van der Waals surface area contributed by atoms with Crippen molar-refractivity contribution in [3.63, 3.8) is 0 Å². The van der Waals surface area contributed by atoms with E-state index in [2.05, 4.69) is 42.2 Å². The fourth-order valence-corrected chi connectivity index (χ4v) is 2.38. The van der Waals surface area contributed by atoms with E-state index in [1.54, 1.807) is 12.4 Å².